The van der Waals surface area contributed by atoms with Gasteiger partial charge in [0, 0.05) is 22.0 Å². The predicted molar refractivity (Wildman–Crippen MR) is 111 cm³/mol. The molecule has 0 aliphatic rings. The molecule has 0 bridgehead atoms. The smallest absolute Gasteiger partial charge is 0.277 e. The van der Waals surface area contributed by atoms with Gasteiger partial charge in [-0.15, -0.1) is 0 Å². The minimum Gasteiger partial charge on any atom is -0.497 e. The van der Waals surface area contributed by atoms with Gasteiger partial charge >= 0.3 is 0 Å². The minimum atomic E-state index is -0.461. The van der Waals surface area contributed by atoms with E-state index in [0.717, 1.165) is 5.39 Å². The lowest BCUT2D eigenvalue weighted by atomic mass is 10.1. The standard InChI is InChI=1S/C19H14Cl3N3O3/c1-27-14-4-2-11-6-12(19(22)24-16(11)8-14)9-23-25-18(26)10-28-17-5-3-13(20)7-15(17)21/h2-9H,10H2,1H3,(H,25,26)/b23-9-. The second kappa shape index (κ2) is 9.10. The van der Waals surface area contributed by atoms with Gasteiger partial charge < -0.3 is 9.47 Å². The predicted octanol–water partition coefficient (Wildman–Crippen LogP) is 4.73. The lowest BCUT2D eigenvalue weighted by Crippen LogP contribution is -2.24. The topological polar surface area (TPSA) is 72.8 Å². The van der Waals surface area contributed by atoms with Crippen molar-refractivity contribution in [1.29, 1.82) is 0 Å². The van der Waals surface area contributed by atoms with Crippen LogP contribution in [0.3, 0.4) is 0 Å². The van der Waals surface area contributed by atoms with Crippen LogP contribution in [0.4, 0.5) is 0 Å². The summed E-state index contributed by atoms with van der Waals surface area (Å²) in [7, 11) is 1.58. The Morgan fingerprint density at radius 1 is 1.18 bits per heavy atom. The van der Waals surface area contributed by atoms with E-state index < -0.39 is 5.91 Å². The number of hydrazone groups is 1. The molecule has 0 aliphatic carbocycles. The highest BCUT2D eigenvalue weighted by Gasteiger charge is 2.07. The summed E-state index contributed by atoms with van der Waals surface area (Å²) in [6, 6.07) is 12.0. The van der Waals surface area contributed by atoms with E-state index in [1.165, 1.54) is 12.3 Å². The summed E-state index contributed by atoms with van der Waals surface area (Å²) >= 11 is 18.0. The van der Waals surface area contributed by atoms with Crippen molar-refractivity contribution in [2.75, 3.05) is 13.7 Å². The van der Waals surface area contributed by atoms with Gasteiger partial charge in [-0.05, 0) is 36.4 Å². The van der Waals surface area contributed by atoms with Crippen LogP contribution in [-0.4, -0.2) is 30.8 Å². The van der Waals surface area contributed by atoms with Crippen molar-refractivity contribution in [3.05, 3.63) is 63.2 Å². The summed E-state index contributed by atoms with van der Waals surface area (Å²) in [6.45, 7) is -0.262. The van der Waals surface area contributed by atoms with Crippen molar-refractivity contribution in [3.63, 3.8) is 0 Å². The second-order valence-corrected chi connectivity index (χ2v) is 6.79. The van der Waals surface area contributed by atoms with Crippen molar-refractivity contribution in [3.8, 4) is 11.5 Å². The van der Waals surface area contributed by atoms with Crippen LogP contribution in [0.25, 0.3) is 10.9 Å². The fraction of sp³-hybridized carbons (Fsp3) is 0.105. The Morgan fingerprint density at radius 3 is 2.75 bits per heavy atom. The van der Waals surface area contributed by atoms with E-state index >= 15 is 0 Å². The van der Waals surface area contributed by atoms with Gasteiger partial charge in [0.25, 0.3) is 5.91 Å². The maximum atomic E-state index is 11.9. The van der Waals surface area contributed by atoms with Crippen LogP contribution in [0.5, 0.6) is 11.5 Å². The van der Waals surface area contributed by atoms with Gasteiger partial charge in [0.2, 0.25) is 0 Å². The van der Waals surface area contributed by atoms with Crippen molar-refractivity contribution >= 4 is 57.8 Å². The third-order valence-corrected chi connectivity index (χ3v) is 4.48. The number of nitrogens with zero attached hydrogens (tertiary/aromatic N) is 2. The van der Waals surface area contributed by atoms with Crippen LogP contribution in [0.2, 0.25) is 15.2 Å². The Morgan fingerprint density at radius 2 is 2.00 bits per heavy atom. The van der Waals surface area contributed by atoms with E-state index in [0.29, 0.717) is 32.6 Å². The maximum absolute atomic E-state index is 11.9. The molecule has 0 aliphatic heterocycles. The number of benzene rings is 2. The van der Waals surface area contributed by atoms with E-state index in [1.807, 2.05) is 18.2 Å². The maximum Gasteiger partial charge on any atom is 0.277 e. The van der Waals surface area contributed by atoms with Crippen molar-refractivity contribution < 1.29 is 14.3 Å². The van der Waals surface area contributed by atoms with Crippen LogP contribution < -0.4 is 14.9 Å². The Bertz CT molecular complexity index is 1060. The SMILES string of the molecule is COc1ccc2cc(/C=N\NC(=O)COc3ccc(Cl)cc3Cl)c(Cl)nc2c1. The normalized spacial score (nSPS) is 11.0. The molecule has 0 fully saturated rings. The molecule has 9 heteroatoms. The third kappa shape index (κ3) is 5.04. The summed E-state index contributed by atoms with van der Waals surface area (Å²) in [5, 5.41) is 5.79. The molecule has 0 saturated carbocycles. The Labute approximate surface area is 176 Å². The van der Waals surface area contributed by atoms with Crippen LogP contribution in [0.15, 0.2) is 47.6 Å². The van der Waals surface area contributed by atoms with E-state index in [1.54, 1.807) is 25.3 Å². The van der Waals surface area contributed by atoms with Crippen LogP contribution in [0.1, 0.15) is 5.56 Å². The zero-order valence-corrected chi connectivity index (χ0v) is 16.8. The molecule has 3 rings (SSSR count). The molecule has 0 radical (unpaired) electrons. The fourth-order valence-corrected chi connectivity index (χ4v) is 2.96. The first-order valence-corrected chi connectivity index (χ1v) is 9.13. The molecule has 28 heavy (non-hydrogen) atoms. The number of pyridine rings is 1. The molecular weight excluding hydrogens is 425 g/mol. The number of fused-ring (bicyclic) bond motifs is 1. The molecule has 6 nitrogen and oxygen atoms in total. The summed E-state index contributed by atoms with van der Waals surface area (Å²) in [4.78, 5) is 16.2. The lowest BCUT2D eigenvalue weighted by Gasteiger charge is -2.07. The average molecular weight is 439 g/mol. The number of methoxy groups -OCH3 is 1. The zero-order chi connectivity index (χ0) is 20.1. The number of rotatable bonds is 6. The molecule has 3 aromatic rings. The lowest BCUT2D eigenvalue weighted by molar-refractivity contribution is -0.123. The molecule has 0 unspecified atom stereocenters. The number of carbonyl (C=O) groups excluding carboxylic acids is 1. The highest BCUT2D eigenvalue weighted by Crippen LogP contribution is 2.27. The number of ether oxygens (including phenoxy) is 2. The number of hydrogen-bond acceptors (Lipinski definition) is 5. The summed E-state index contributed by atoms with van der Waals surface area (Å²) < 4.78 is 10.5. The first-order chi connectivity index (χ1) is 13.5. The summed E-state index contributed by atoms with van der Waals surface area (Å²) in [6.07, 6.45) is 1.41. The largest absolute Gasteiger partial charge is 0.497 e. The highest BCUT2D eigenvalue weighted by molar-refractivity contribution is 6.35. The van der Waals surface area contributed by atoms with E-state index in [4.69, 9.17) is 44.3 Å². The molecule has 0 saturated heterocycles. The average Bonchev–Trinajstić information content (AvgIpc) is 2.67. The van der Waals surface area contributed by atoms with Crippen molar-refractivity contribution in [2.24, 2.45) is 5.10 Å². The number of carbonyl (C=O) groups is 1. The van der Waals surface area contributed by atoms with Gasteiger partial charge in [0.05, 0.1) is 23.9 Å². The fourth-order valence-electron chi connectivity index (χ4n) is 2.30. The van der Waals surface area contributed by atoms with Gasteiger partial charge in [0.1, 0.15) is 16.7 Å². The second-order valence-electron chi connectivity index (χ2n) is 5.58. The Kier molecular flexibility index (Phi) is 6.57. The molecular formula is C19H14Cl3N3O3. The summed E-state index contributed by atoms with van der Waals surface area (Å²) in [5.74, 6) is 0.574. The summed E-state index contributed by atoms with van der Waals surface area (Å²) in [5.41, 5.74) is 3.61. The van der Waals surface area contributed by atoms with Crippen molar-refractivity contribution in [1.82, 2.24) is 10.4 Å². The molecule has 0 spiro atoms. The van der Waals surface area contributed by atoms with Gasteiger partial charge in [-0.1, -0.05) is 34.8 Å². The zero-order valence-electron chi connectivity index (χ0n) is 14.6. The molecule has 1 heterocycles. The monoisotopic (exact) mass is 437 g/mol. The van der Waals surface area contributed by atoms with E-state index in [9.17, 15) is 4.79 Å². The molecule has 1 aromatic heterocycles. The first kappa shape index (κ1) is 20.2. The number of amides is 1. The van der Waals surface area contributed by atoms with Crippen molar-refractivity contribution in [2.45, 2.75) is 0 Å². The molecule has 1 amide bonds. The number of hydrogen-bond donors (Lipinski definition) is 1. The number of aromatic nitrogens is 1. The van der Waals surface area contributed by atoms with Gasteiger partial charge in [0.15, 0.2) is 6.61 Å². The Balaban J connectivity index is 1.62. The first-order valence-electron chi connectivity index (χ1n) is 8.00. The van der Waals surface area contributed by atoms with E-state index in [-0.39, 0.29) is 11.8 Å². The highest BCUT2D eigenvalue weighted by atomic mass is 35.5. The third-order valence-electron chi connectivity index (χ3n) is 3.65. The van der Waals surface area contributed by atoms with Crippen LogP contribution >= 0.6 is 34.8 Å². The van der Waals surface area contributed by atoms with Gasteiger partial charge in [-0.3, -0.25) is 4.79 Å². The molecule has 1 N–H and O–H groups in total. The number of nitrogens with one attached hydrogen (secondary N) is 1. The molecule has 0 atom stereocenters. The minimum absolute atomic E-state index is 0.253. The van der Waals surface area contributed by atoms with Gasteiger partial charge in [-0.2, -0.15) is 5.10 Å². The van der Waals surface area contributed by atoms with E-state index in [2.05, 4.69) is 15.5 Å². The number of halogens is 3. The van der Waals surface area contributed by atoms with Gasteiger partial charge in [-0.25, -0.2) is 10.4 Å². The van der Waals surface area contributed by atoms with Crippen LogP contribution in [0, 0.1) is 0 Å². The molecule has 144 valence electrons. The molecule has 2 aromatic carbocycles. The Hall–Kier alpha value is -2.54. The van der Waals surface area contributed by atoms with Crippen LogP contribution in [-0.2, 0) is 4.79 Å². The quantitative estimate of drug-likeness (QED) is 0.343.